The van der Waals surface area contributed by atoms with Crippen LogP contribution in [0, 0.1) is 0 Å². The number of aliphatic carboxylic acids is 1. The summed E-state index contributed by atoms with van der Waals surface area (Å²) in [6.45, 7) is 6.37. The molecule has 0 saturated carbocycles. The molecule has 2 N–H and O–H groups in total. The number of likely N-dealkylation sites (N-methyl/N-ethyl adjacent to an activating group) is 1. The molecular formula is C24H34F3N5O4. The van der Waals surface area contributed by atoms with Crippen molar-refractivity contribution < 1.29 is 32.5 Å². The predicted octanol–water partition coefficient (Wildman–Crippen LogP) is 3.14. The third-order valence-corrected chi connectivity index (χ3v) is 6.45. The molecule has 2 aromatic rings. The van der Waals surface area contributed by atoms with Crippen molar-refractivity contribution in [3.05, 3.63) is 18.2 Å². The maximum atomic E-state index is 10.6. The molecule has 1 aromatic carbocycles. The van der Waals surface area contributed by atoms with Gasteiger partial charge in [-0.15, -0.1) is 0 Å². The Bertz CT molecular complexity index is 1040. The molecule has 200 valence electrons. The van der Waals surface area contributed by atoms with Crippen LogP contribution in [0.15, 0.2) is 18.2 Å². The summed E-state index contributed by atoms with van der Waals surface area (Å²) < 4.78 is 42.8. The molecule has 3 heterocycles. The molecule has 12 heteroatoms. The lowest BCUT2D eigenvalue weighted by atomic mass is 10.0. The number of aromatic nitrogens is 1. The number of ether oxygens (including phenoxy) is 2. The number of piperidine rings is 1. The number of carbonyl (C=O) groups is 1. The van der Waals surface area contributed by atoms with Gasteiger partial charge in [-0.05, 0) is 46.1 Å². The van der Waals surface area contributed by atoms with Crippen LogP contribution >= 0.6 is 0 Å². The molecule has 0 aliphatic carbocycles. The van der Waals surface area contributed by atoms with Gasteiger partial charge in [0.1, 0.15) is 5.82 Å². The third kappa shape index (κ3) is 7.03. The number of carboxylic acid groups (broad SMARTS) is 1. The van der Waals surface area contributed by atoms with Crippen LogP contribution in [0.25, 0.3) is 10.9 Å². The number of methoxy groups -OCH3 is 2. The number of anilines is 2. The first-order chi connectivity index (χ1) is 17.0. The largest absolute Gasteiger partial charge is 0.493 e. The van der Waals surface area contributed by atoms with E-state index in [0.717, 1.165) is 80.3 Å². The smallest absolute Gasteiger partial charge is 0.490 e. The Hall–Kier alpha value is -2.99. The van der Waals surface area contributed by atoms with Crippen molar-refractivity contribution in [2.24, 2.45) is 0 Å². The molecule has 0 unspecified atom stereocenters. The Morgan fingerprint density at radius 2 is 1.50 bits per heavy atom. The number of piperazine rings is 1. The highest BCUT2D eigenvalue weighted by molar-refractivity contribution is 5.95. The highest BCUT2D eigenvalue weighted by Gasteiger charge is 2.38. The number of alkyl halides is 3. The number of rotatable bonds is 5. The molecule has 9 nitrogen and oxygen atoms in total. The Balaban J connectivity index is 0.000000454. The number of carboxylic acids is 1. The van der Waals surface area contributed by atoms with E-state index in [2.05, 4.69) is 40.2 Å². The van der Waals surface area contributed by atoms with Crippen LogP contribution < -0.4 is 19.7 Å². The topological polar surface area (TPSA) is 90.4 Å². The van der Waals surface area contributed by atoms with Gasteiger partial charge in [0.2, 0.25) is 0 Å². The zero-order chi connectivity index (χ0) is 26.5. The van der Waals surface area contributed by atoms with E-state index >= 15 is 0 Å². The third-order valence-electron chi connectivity index (χ3n) is 6.45. The summed E-state index contributed by atoms with van der Waals surface area (Å²) in [4.78, 5) is 21.0. The zero-order valence-electron chi connectivity index (χ0n) is 21.1. The Kier molecular flexibility index (Phi) is 9.07. The van der Waals surface area contributed by atoms with Crippen LogP contribution in [0.3, 0.4) is 0 Å². The number of fused-ring (bicyclic) bond motifs is 1. The molecule has 2 saturated heterocycles. The van der Waals surface area contributed by atoms with Crippen molar-refractivity contribution in [1.82, 2.24) is 14.8 Å². The molecule has 2 aliphatic rings. The van der Waals surface area contributed by atoms with E-state index < -0.39 is 12.1 Å². The average Bonchev–Trinajstić information content (AvgIpc) is 2.84. The second-order valence-electron chi connectivity index (χ2n) is 9.07. The minimum atomic E-state index is -5.08. The maximum absolute atomic E-state index is 10.6. The van der Waals surface area contributed by atoms with Gasteiger partial charge in [0.15, 0.2) is 11.5 Å². The molecule has 4 rings (SSSR count). The van der Waals surface area contributed by atoms with Gasteiger partial charge in [-0.25, -0.2) is 9.78 Å². The maximum Gasteiger partial charge on any atom is 0.490 e. The summed E-state index contributed by atoms with van der Waals surface area (Å²) in [7, 11) is 7.72. The number of nitrogens with one attached hydrogen (secondary N) is 1. The molecule has 0 spiro atoms. The van der Waals surface area contributed by atoms with Gasteiger partial charge in [-0.2, -0.15) is 13.2 Å². The lowest BCUT2D eigenvalue weighted by Gasteiger charge is -2.34. The first-order valence-electron chi connectivity index (χ1n) is 11.8. The SMILES string of the molecule is COc1cc2nc(N3CCN(C)CC3)cc(NC3CCN(C)CC3)c2cc1OC.O=C(O)C(F)(F)F. The lowest BCUT2D eigenvalue weighted by molar-refractivity contribution is -0.192. The van der Waals surface area contributed by atoms with Crippen LogP contribution in [0.2, 0.25) is 0 Å². The molecular weight excluding hydrogens is 479 g/mol. The zero-order valence-corrected chi connectivity index (χ0v) is 21.1. The van der Waals surface area contributed by atoms with Crippen LogP contribution in [0.4, 0.5) is 24.7 Å². The summed E-state index contributed by atoms with van der Waals surface area (Å²) in [5.41, 5.74) is 2.08. The van der Waals surface area contributed by atoms with E-state index in [1.54, 1.807) is 14.2 Å². The number of likely N-dealkylation sites (tertiary alicyclic amines) is 1. The minimum Gasteiger partial charge on any atom is -0.493 e. The quantitative estimate of drug-likeness (QED) is 0.626. The Morgan fingerprint density at radius 1 is 0.972 bits per heavy atom. The molecule has 2 aliphatic heterocycles. The highest BCUT2D eigenvalue weighted by Crippen LogP contribution is 2.37. The van der Waals surface area contributed by atoms with E-state index in [4.69, 9.17) is 24.4 Å². The monoisotopic (exact) mass is 513 g/mol. The van der Waals surface area contributed by atoms with Gasteiger partial charge in [0.25, 0.3) is 0 Å². The molecule has 0 amide bonds. The summed E-state index contributed by atoms with van der Waals surface area (Å²) in [5, 5.41) is 12.0. The van der Waals surface area contributed by atoms with Crippen molar-refractivity contribution in [1.29, 1.82) is 0 Å². The summed E-state index contributed by atoms with van der Waals surface area (Å²) >= 11 is 0. The molecule has 0 atom stereocenters. The second-order valence-corrected chi connectivity index (χ2v) is 9.07. The minimum absolute atomic E-state index is 0.477. The van der Waals surface area contributed by atoms with E-state index in [-0.39, 0.29) is 0 Å². The van der Waals surface area contributed by atoms with Crippen LogP contribution in [-0.4, -0.2) is 106 Å². The molecule has 2 fully saturated rings. The summed E-state index contributed by atoms with van der Waals surface area (Å²) in [6.07, 6.45) is -2.78. The number of benzene rings is 1. The van der Waals surface area contributed by atoms with Crippen molar-refractivity contribution in [3.8, 4) is 11.5 Å². The van der Waals surface area contributed by atoms with Gasteiger partial charge in [-0.1, -0.05) is 0 Å². The predicted molar refractivity (Wildman–Crippen MR) is 132 cm³/mol. The number of halogens is 3. The van der Waals surface area contributed by atoms with Crippen LogP contribution in [0.5, 0.6) is 11.5 Å². The molecule has 1 aromatic heterocycles. The number of pyridine rings is 1. The van der Waals surface area contributed by atoms with Gasteiger partial charge < -0.3 is 34.6 Å². The summed E-state index contributed by atoms with van der Waals surface area (Å²) in [5.74, 6) is -0.269. The van der Waals surface area contributed by atoms with Gasteiger partial charge in [-0.3, -0.25) is 0 Å². The standard InChI is InChI=1S/C22H33N5O2.C2HF3O2/c1-25-7-5-16(6-8-25)23-19-15-22(27-11-9-26(2)10-12-27)24-18-14-21(29-4)20(28-3)13-17(18)19;3-2(4,5)1(6)7/h13-16H,5-12H2,1-4H3,(H,23,24);(H,6,7). The highest BCUT2D eigenvalue weighted by atomic mass is 19.4. The summed E-state index contributed by atoms with van der Waals surface area (Å²) in [6, 6.07) is 6.74. The fourth-order valence-electron chi connectivity index (χ4n) is 4.23. The van der Waals surface area contributed by atoms with E-state index in [1.165, 1.54) is 0 Å². The van der Waals surface area contributed by atoms with Crippen LogP contribution in [-0.2, 0) is 4.79 Å². The van der Waals surface area contributed by atoms with E-state index in [0.29, 0.717) is 11.8 Å². The fraction of sp³-hybridized carbons (Fsp3) is 0.583. The van der Waals surface area contributed by atoms with E-state index in [1.807, 2.05) is 12.1 Å². The average molecular weight is 514 g/mol. The van der Waals surface area contributed by atoms with Crippen LogP contribution in [0.1, 0.15) is 12.8 Å². The van der Waals surface area contributed by atoms with Crippen molar-refractivity contribution in [2.75, 3.05) is 77.8 Å². The number of hydrogen-bond acceptors (Lipinski definition) is 8. The van der Waals surface area contributed by atoms with E-state index in [9.17, 15) is 13.2 Å². The first kappa shape index (κ1) is 27.6. The molecule has 0 radical (unpaired) electrons. The second kappa shape index (κ2) is 11.8. The lowest BCUT2D eigenvalue weighted by Crippen LogP contribution is -2.44. The molecule has 36 heavy (non-hydrogen) atoms. The van der Waals surface area contributed by atoms with Crippen molar-refractivity contribution in [2.45, 2.75) is 25.1 Å². The Labute approximate surface area is 208 Å². The molecule has 0 bridgehead atoms. The Morgan fingerprint density at radius 3 is 2.03 bits per heavy atom. The first-order valence-corrected chi connectivity index (χ1v) is 11.8. The number of nitrogens with zero attached hydrogens (tertiary/aromatic N) is 4. The number of hydrogen-bond donors (Lipinski definition) is 2. The van der Waals surface area contributed by atoms with Crippen molar-refractivity contribution >= 4 is 28.4 Å². The van der Waals surface area contributed by atoms with Gasteiger partial charge in [0, 0.05) is 55.4 Å². The van der Waals surface area contributed by atoms with Gasteiger partial charge >= 0.3 is 12.1 Å². The van der Waals surface area contributed by atoms with Crippen molar-refractivity contribution in [3.63, 3.8) is 0 Å². The van der Waals surface area contributed by atoms with Gasteiger partial charge in [0.05, 0.1) is 19.7 Å². The normalized spacial score (nSPS) is 17.9. The fourth-order valence-corrected chi connectivity index (χ4v) is 4.23.